The van der Waals surface area contributed by atoms with E-state index < -0.39 is 0 Å². The molecule has 0 amide bonds. The molecule has 1 aliphatic rings. The Morgan fingerprint density at radius 2 is 2.20 bits per heavy atom. The van der Waals surface area contributed by atoms with E-state index in [0.29, 0.717) is 12.0 Å². The summed E-state index contributed by atoms with van der Waals surface area (Å²) in [6.07, 6.45) is 1.19. The van der Waals surface area contributed by atoms with Gasteiger partial charge in [0.1, 0.15) is 0 Å². The predicted octanol–water partition coefficient (Wildman–Crippen LogP) is 2.09. The highest BCUT2D eigenvalue weighted by Crippen LogP contribution is 2.27. The van der Waals surface area contributed by atoms with E-state index in [0.717, 1.165) is 13.2 Å². The number of methoxy groups -OCH3 is 1. The Kier molecular flexibility index (Phi) is 3.39. The van der Waals surface area contributed by atoms with Gasteiger partial charge in [0.2, 0.25) is 0 Å². The van der Waals surface area contributed by atoms with Crippen LogP contribution in [-0.4, -0.2) is 26.3 Å². The third kappa shape index (κ3) is 2.39. The molecule has 1 heterocycles. The summed E-state index contributed by atoms with van der Waals surface area (Å²) in [5, 5.41) is 3.51. The third-order valence-electron chi connectivity index (χ3n) is 3.22. The first kappa shape index (κ1) is 10.7. The largest absolute Gasteiger partial charge is 0.383 e. The van der Waals surface area contributed by atoms with Crippen LogP contribution in [0.3, 0.4) is 0 Å². The summed E-state index contributed by atoms with van der Waals surface area (Å²) in [6.45, 7) is 4.10. The molecule has 1 aliphatic heterocycles. The second-order valence-electron chi connectivity index (χ2n) is 4.35. The first-order chi connectivity index (χ1) is 7.31. The van der Waals surface area contributed by atoms with Gasteiger partial charge in [-0.05, 0) is 30.4 Å². The van der Waals surface area contributed by atoms with E-state index in [4.69, 9.17) is 4.74 Å². The van der Waals surface area contributed by atoms with E-state index in [1.165, 1.54) is 17.5 Å². The molecule has 1 aromatic rings. The van der Waals surface area contributed by atoms with Crippen LogP contribution in [0.15, 0.2) is 24.3 Å². The number of rotatable bonds is 3. The summed E-state index contributed by atoms with van der Waals surface area (Å²) in [4.78, 5) is 0. The van der Waals surface area contributed by atoms with E-state index in [-0.39, 0.29) is 0 Å². The van der Waals surface area contributed by atoms with Crippen molar-refractivity contribution < 1.29 is 4.74 Å². The van der Waals surface area contributed by atoms with Crippen LogP contribution in [0.5, 0.6) is 0 Å². The van der Waals surface area contributed by atoms with Gasteiger partial charge < -0.3 is 10.1 Å². The Morgan fingerprint density at radius 1 is 1.40 bits per heavy atom. The van der Waals surface area contributed by atoms with Gasteiger partial charge >= 0.3 is 0 Å². The molecular formula is C13H19NO. The molecule has 2 heteroatoms. The molecule has 0 saturated carbocycles. The van der Waals surface area contributed by atoms with Gasteiger partial charge in [0.15, 0.2) is 0 Å². The van der Waals surface area contributed by atoms with Crippen LogP contribution in [0.1, 0.15) is 23.5 Å². The molecule has 0 spiro atoms. The predicted molar refractivity (Wildman–Crippen MR) is 62.2 cm³/mol. The number of hydrogen-bond donors (Lipinski definition) is 1. The topological polar surface area (TPSA) is 21.3 Å². The molecule has 15 heavy (non-hydrogen) atoms. The number of ether oxygens (including phenoxy) is 1. The van der Waals surface area contributed by atoms with Crippen LogP contribution >= 0.6 is 0 Å². The molecule has 1 N–H and O–H groups in total. The normalized spacial score (nSPS) is 25.7. The second kappa shape index (κ2) is 4.77. The molecule has 0 bridgehead atoms. The van der Waals surface area contributed by atoms with E-state index in [2.05, 4.69) is 36.5 Å². The van der Waals surface area contributed by atoms with E-state index in [9.17, 15) is 0 Å². The Labute approximate surface area is 91.6 Å². The number of aryl methyl sites for hydroxylation is 1. The van der Waals surface area contributed by atoms with Crippen molar-refractivity contribution in [1.82, 2.24) is 5.32 Å². The van der Waals surface area contributed by atoms with Gasteiger partial charge in [-0.3, -0.25) is 0 Å². The van der Waals surface area contributed by atoms with Gasteiger partial charge in [0.05, 0.1) is 6.61 Å². The van der Waals surface area contributed by atoms with Crippen LogP contribution in [0.2, 0.25) is 0 Å². The Morgan fingerprint density at radius 3 is 2.93 bits per heavy atom. The van der Waals surface area contributed by atoms with Crippen LogP contribution in [0.25, 0.3) is 0 Å². The smallest absolute Gasteiger partial charge is 0.0616 e. The molecule has 2 unspecified atom stereocenters. The van der Waals surface area contributed by atoms with E-state index >= 15 is 0 Å². The number of benzene rings is 1. The molecule has 1 saturated heterocycles. The van der Waals surface area contributed by atoms with Crippen molar-refractivity contribution in [2.45, 2.75) is 25.3 Å². The first-order valence-electron chi connectivity index (χ1n) is 5.59. The lowest BCUT2D eigenvalue weighted by Gasteiger charge is -2.12. The molecule has 0 aromatic heterocycles. The zero-order valence-electron chi connectivity index (χ0n) is 9.49. The zero-order valence-corrected chi connectivity index (χ0v) is 9.49. The lowest BCUT2D eigenvalue weighted by Crippen LogP contribution is -2.25. The summed E-state index contributed by atoms with van der Waals surface area (Å²) in [5.74, 6) is 0.659. The standard InChI is InChI=1S/C13H19NO/c1-10-5-3-4-6-13(10)11-7-12(9-15-2)14-8-11/h3-6,11-12,14H,7-9H2,1-2H3. The molecule has 2 rings (SSSR count). The Bertz CT molecular complexity index is 324. The van der Waals surface area contributed by atoms with Gasteiger partial charge in [0.25, 0.3) is 0 Å². The average molecular weight is 205 g/mol. The summed E-state index contributed by atoms with van der Waals surface area (Å²) >= 11 is 0. The van der Waals surface area contributed by atoms with Crippen molar-refractivity contribution in [1.29, 1.82) is 0 Å². The van der Waals surface area contributed by atoms with E-state index in [1.54, 1.807) is 7.11 Å². The summed E-state index contributed by atoms with van der Waals surface area (Å²) in [5.41, 5.74) is 2.89. The van der Waals surface area contributed by atoms with Crippen molar-refractivity contribution in [2.24, 2.45) is 0 Å². The van der Waals surface area contributed by atoms with Crippen molar-refractivity contribution >= 4 is 0 Å². The van der Waals surface area contributed by atoms with Crippen molar-refractivity contribution in [3.05, 3.63) is 35.4 Å². The minimum atomic E-state index is 0.527. The van der Waals surface area contributed by atoms with Gasteiger partial charge in [-0.25, -0.2) is 0 Å². The maximum atomic E-state index is 5.18. The minimum absolute atomic E-state index is 0.527. The van der Waals surface area contributed by atoms with Crippen LogP contribution in [-0.2, 0) is 4.74 Å². The third-order valence-corrected chi connectivity index (χ3v) is 3.22. The molecule has 2 atom stereocenters. The van der Waals surface area contributed by atoms with E-state index in [1.807, 2.05) is 0 Å². The summed E-state index contributed by atoms with van der Waals surface area (Å²) in [7, 11) is 1.77. The van der Waals surface area contributed by atoms with Gasteiger partial charge in [0, 0.05) is 19.7 Å². The average Bonchev–Trinajstić information content (AvgIpc) is 2.68. The molecule has 0 radical (unpaired) electrons. The maximum absolute atomic E-state index is 5.18. The molecule has 1 fully saturated rings. The van der Waals surface area contributed by atoms with Gasteiger partial charge in [-0.2, -0.15) is 0 Å². The Hall–Kier alpha value is -0.860. The first-order valence-corrected chi connectivity index (χ1v) is 5.59. The monoisotopic (exact) mass is 205 g/mol. The zero-order chi connectivity index (χ0) is 10.7. The van der Waals surface area contributed by atoms with Crippen LogP contribution < -0.4 is 5.32 Å². The lowest BCUT2D eigenvalue weighted by atomic mass is 9.93. The molecular weight excluding hydrogens is 186 g/mol. The second-order valence-corrected chi connectivity index (χ2v) is 4.35. The van der Waals surface area contributed by atoms with Crippen molar-refractivity contribution in [3.8, 4) is 0 Å². The SMILES string of the molecule is COCC1CC(c2ccccc2C)CN1. The van der Waals surface area contributed by atoms with Crippen LogP contribution in [0, 0.1) is 6.92 Å². The summed E-state index contributed by atoms with van der Waals surface area (Å²) < 4.78 is 5.18. The fourth-order valence-corrected chi connectivity index (χ4v) is 2.43. The molecule has 2 nitrogen and oxygen atoms in total. The summed E-state index contributed by atoms with van der Waals surface area (Å²) in [6, 6.07) is 9.20. The highest BCUT2D eigenvalue weighted by Gasteiger charge is 2.25. The molecule has 0 aliphatic carbocycles. The van der Waals surface area contributed by atoms with Gasteiger partial charge in [-0.1, -0.05) is 24.3 Å². The minimum Gasteiger partial charge on any atom is -0.383 e. The lowest BCUT2D eigenvalue weighted by molar-refractivity contribution is 0.173. The van der Waals surface area contributed by atoms with Crippen molar-refractivity contribution in [2.75, 3.05) is 20.3 Å². The quantitative estimate of drug-likeness (QED) is 0.816. The molecule has 82 valence electrons. The Balaban J connectivity index is 2.04. The fourth-order valence-electron chi connectivity index (χ4n) is 2.43. The van der Waals surface area contributed by atoms with Gasteiger partial charge in [-0.15, -0.1) is 0 Å². The maximum Gasteiger partial charge on any atom is 0.0616 e. The highest BCUT2D eigenvalue weighted by molar-refractivity contribution is 5.30. The highest BCUT2D eigenvalue weighted by atomic mass is 16.5. The van der Waals surface area contributed by atoms with Crippen LogP contribution in [0.4, 0.5) is 0 Å². The number of nitrogens with one attached hydrogen (secondary N) is 1. The molecule has 1 aromatic carbocycles. The fraction of sp³-hybridized carbons (Fsp3) is 0.538. The number of hydrogen-bond acceptors (Lipinski definition) is 2. The van der Waals surface area contributed by atoms with Crippen molar-refractivity contribution in [3.63, 3.8) is 0 Å².